The maximum atomic E-state index is 3.21. The molecule has 0 aliphatic carbocycles. The Balaban J connectivity index is 2.72. The van der Waals surface area contributed by atoms with Gasteiger partial charge in [-0.1, -0.05) is 19.9 Å². The topological polar surface area (TPSA) is 12.0 Å². The summed E-state index contributed by atoms with van der Waals surface area (Å²) in [7, 11) is 0. The molecule has 0 unspecified atom stereocenters. The number of dihydropyridines is 1. The van der Waals surface area contributed by atoms with Crippen LogP contribution in [0.25, 0.3) is 0 Å². The lowest BCUT2D eigenvalue weighted by molar-refractivity contribution is 0.710. The molecule has 1 aliphatic heterocycles. The predicted octanol–water partition coefficient (Wildman–Crippen LogP) is 2.42. The molecule has 0 bridgehead atoms. The second-order valence-corrected chi connectivity index (χ2v) is 3.06. The molecule has 1 heterocycles. The molecule has 0 radical (unpaired) electrons. The first-order chi connectivity index (χ1) is 4.72. The third-order valence-corrected chi connectivity index (χ3v) is 1.93. The van der Waals surface area contributed by atoms with E-state index in [4.69, 9.17) is 0 Å². The van der Waals surface area contributed by atoms with E-state index in [0.29, 0.717) is 5.92 Å². The molecular weight excluding hydrogens is 122 g/mol. The van der Waals surface area contributed by atoms with Crippen LogP contribution in [0.4, 0.5) is 0 Å². The molecule has 0 saturated heterocycles. The van der Waals surface area contributed by atoms with Crippen LogP contribution in [-0.4, -0.2) is 0 Å². The fourth-order valence-corrected chi connectivity index (χ4v) is 1.28. The molecule has 0 aromatic carbocycles. The zero-order valence-corrected chi connectivity index (χ0v) is 6.94. The van der Waals surface area contributed by atoms with E-state index in [1.807, 2.05) is 6.20 Å². The van der Waals surface area contributed by atoms with Crippen molar-refractivity contribution in [3.8, 4) is 0 Å². The van der Waals surface area contributed by atoms with E-state index in [1.54, 1.807) is 0 Å². The van der Waals surface area contributed by atoms with Crippen LogP contribution in [-0.2, 0) is 0 Å². The quantitative estimate of drug-likeness (QED) is 0.585. The van der Waals surface area contributed by atoms with Crippen molar-refractivity contribution >= 4 is 0 Å². The average Bonchev–Trinajstić information content (AvgIpc) is 1.88. The first-order valence-electron chi connectivity index (χ1n) is 3.83. The summed E-state index contributed by atoms with van der Waals surface area (Å²) in [6.07, 6.45) is 5.31. The predicted molar refractivity (Wildman–Crippen MR) is 44.4 cm³/mol. The maximum absolute atomic E-state index is 3.21. The van der Waals surface area contributed by atoms with Crippen molar-refractivity contribution in [3.63, 3.8) is 0 Å². The van der Waals surface area contributed by atoms with Crippen molar-refractivity contribution in [2.24, 2.45) is 5.92 Å². The smallest absolute Gasteiger partial charge is 0.0112 e. The molecule has 0 atom stereocenters. The Kier molecular flexibility index (Phi) is 2.15. The second kappa shape index (κ2) is 2.91. The van der Waals surface area contributed by atoms with Gasteiger partial charge in [-0.3, -0.25) is 0 Å². The van der Waals surface area contributed by atoms with Crippen LogP contribution in [0.15, 0.2) is 23.5 Å². The van der Waals surface area contributed by atoms with E-state index in [0.717, 1.165) is 6.42 Å². The molecule has 0 spiro atoms. The van der Waals surface area contributed by atoms with Gasteiger partial charge in [-0.05, 0) is 31.0 Å². The lowest BCUT2D eigenvalue weighted by atomic mass is 9.97. The van der Waals surface area contributed by atoms with Crippen molar-refractivity contribution in [2.75, 3.05) is 0 Å². The van der Waals surface area contributed by atoms with Gasteiger partial charge < -0.3 is 5.32 Å². The Morgan fingerprint density at radius 3 is 2.60 bits per heavy atom. The standard InChI is InChI=1S/C9H15N/c1-7(2)9-5-4-6-10-8(9)3/h4,6-7,10H,5H2,1-3H3. The summed E-state index contributed by atoms with van der Waals surface area (Å²) >= 11 is 0. The molecule has 56 valence electrons. The summed E-state index contributed by atoms with van der Waals surface area (Å²) in [5, 5.41) is 3.21. The summed E-state index contributed by atoms with van der Waals surface area (Å²) < 4.78 is 0. The molecule has 1 rings (SSSR count). The first-order valence-corrected chi connectivity index (χ1v) is 3.83. The van der Waals surface area contributed by atoms with Crippen LogP contribution in [0.1, 0.15) is 27.2 Å². The van der Waals surface area contributed by atoms with Crippen LogP contribution in [0.5, 0.6) is 0 Å². The lowest BCUT2D eigenvalue weighted by Gasteiger charge is -2.17. The minimum Gasteiger partial charge on any atom is -0.366 e. The van der Waals surface area contributed by atoms with E-state index < -0.39 is 0 Å². The van der Waals surface area contributed by atoms with E-state index in [1.165, 1.54) is 11.3 Å². The van der Waals surface area contributed by atoms with Gasteiger partial charge in [-0.25, -0.2) is 0 Å². The van der Waals surface area contributed by atoms with E-state index in [2.05, 4.69) is 32.2 Å². The Morgan fingerprint density at radius 2 is 2.20 bits per heavy atom. The lowest BCUT2D eigenvalue weighted by Crippen LogP contribution is -2.11. The number of allylic oxidation sites excluding steroid dienone is 3. The molecule has 0 aromatic heterocycles. The van der Waals surface area contributed by atoms with Crippen molar-refractivity contribution in [3.05, 3.63) is 23.5 Å². The number of rotatable bonds is 1. The Bertz CT molecular complexity index is 175. The fraction of sp³-hybridized carbons (Fsp3) is 0.556. The Morgan fingerprint density at radius 1 is 1.50 bits per heavy atom. The van der Waals surface area contributed by atoms with Crippen LogP contribution in [0, 0.1) is 5.92 Å². The van der Waals surface area contributed by atoms with E-state index in [-0.39, 0.29) is 0 Å². The van der Waals surface area contributed by atoms with Gasteiger partial charge in [-0.15, -0.1) is 0 Å². The largest absolute Gasteiger partial charge is 0.366 e. The fourth-order valence-electron chi connectivity index (χ4n) is 1.28. The highest BCUT2D eigenvalue weighted by Gasteiger charge is 2.07. The summed E-state index contributed by atoms with van der Waals surface area (Å²) in [6, 6.07) is 0. The molecule has 1 aliphatic rings. The van der Waals surface area contributed by atoms with E-state index >= 15 is 0 Å². The van der Waals surface area contributed by atoms with Crippen molar-refractivity contribution in [2.45, 2.75) is 27.2 Å². The minimum atomic E-state index is 0.678. The molecule has 0 saturated carbocycles. The third kappa shape index (κ3) is 1.41. The van der Waals surface area contributed by atoms with Crippen molar-refractivity contribution in [1.82, 2.24) is 5.32 Å². The van der Waals surface area contributed by atoms with Gasteiger partial charge in [0.1, 0.15) is 0 Å². The third-order valence-electron chi connectivity index (χ3n) is 1.93. The van der Waals surface area contributed by atoms with Crippen LogP contribution >= 0.6 is 0 Å². The maximum Gasteiger partial charge on any atom is 0.0112 e. The molecule has 0 amide bonds. The van der Waals surface area contributed by atoms with Gasteiger partial charge in [0, 0.05) is 5.70 Å². The van der Waals surface area contributed by atoms with Gasteiger partial charge in [0.15, 0.2) is 0 Å². The highest BCUT2D eigenvalue weighted by molar-refractivity contribution is 5.21. The highest BCUT2D eigenvalue weighted by atomic mass is 14.9. The van der Waals surface area contributed by atoms with Gasteiger partial charge in [0.05, 0.1) is 0 Å². The number of hydrogen-bond acceptors (Lipinski definition) is 1. The van der Waals surface area contributed by atoms with Gasteiger partial charge in [-0.2, -0.15) is 0 Å². The molecule has 0 aromatic rings. The normalized spacial score (nSPS) is 18.0. The van der Waals surface area contributed by atoms with Crippen LogP contribution in [0.3, 0.4) is 0 Å². The van der Waals surface area contributed by atoms with Gasteiger partial charge in [0.25, 0.3) is 0 Å². The summed E-state index contributed by atoms with van der Waals surface area (Å²) in [6.45, 7) is 6.61. The molecule has 1 N–H and O–H groups in total. The number of nitrogens with one attached hydrogen (secondary N) is 1. The number of hydrogen-bond donors (Lipinski definition) is 1. The van der Waals surface area contributed by atoms with Crippen molar-refractivity contribution in [1.29, 1.82) is 0 Å². The first kappa shape index (κ1) is 7.39. The minimum absolute atomic E-state index is 0.678. The second-order valence-electron chi connectivity index (χ2n) is 3.06. The zero-order valence-electron chi connectivity index (χ0n) is 6.94. The monoisotopic (exact) mass is 137 g/mol. The molecular formula is C9H15N. The summed E-state index contributed by atoms with van der Waals surface area (Å²) in [4.78, 5) is 0. The molecule has 1 nitrogen and oxygen atoms in total. The van der Waals surface area contributed by atoms with E-state index in [9.17, 15) is 0 Å². The highest BCUT2D eigenvalue weighted by Crippen LogP contribution is 2.19. The molecule has 10 heavy (non-hydrogen) atoms. The SMILES string of the molecule is CC1=C(C(C)C)CC=CN1. The molecule has 1 heteroatoms. The zero-order chi connectivity index (χ0) is 7.56. The van der Waals surface area contributed by atoms with Crippen LogP contribution in [0.2, 0.25) is 0 Å². The van der Waals surface area contributed by atoms with Gasteiger partial charge >= 0.3 is 0 Å². The van der Waals surface area contributed by atoms with Gasteiger partial charge in [0.2, 0.25) is 0 Å². The van der Waals surface area contributed by atoms with Crippen LogP contribution < -0.4 is 5.32 Å². The summed E-state index contributed by atoms with van der Waals surface area (Å²) in [5.74, 6) is 0.678. The average molecular weight is 137 g/mol. The Labute approximate surface area is 62.8 Å². The Hall–Kier alpha value is -0.720. The summed E-state index contributed by atoms with van der Waals surface area (Å²) in [5.41, 5.74) is 2.86. The molecule has 0 fully saturated rings. The van der Waals surface area contributed by atoms with Crippen molar-refractivity contribution < 1.29 is 0 Å².